The zero-order valence-electron chi connectivity index (χ0n) is 34.5. The zero-order valence-corrected chi connectivity index (χ0v) is 34.5. The normalized spacial score (nSPS) is 49.6. The van der Waals surface area contributed by atoms with Crippen molar-refractivity contribution in [3.8, 4) is 0 Å². The molecule has 0 aromatic heterocycles. The zero-order chi connectivity index (χ0) is 48.9. The molecule has 384 valence electrons. The Balaban J connectivity index is 1.52. The molecule has 20 N–H and O–H groups in total. The third kappa shape index (κ3) is 11.6. The van der Waals surface area contributed by atoms with E-state index in [4.69, 9.17) is 47.4 Å². The minimum atomic E-state index is -2.71. The summed E-state index contributed by atoms with van der Waals surface area (Å²) in [6, 6.07) is 0. The summed E-state index contributed by atoms with van der Waals surface area (Å²) < 4.78 is 54.9. The fraction of sp³-hybridized carbons (Fsp3) is 0.889. The van der Waals surface area contributed by atoms with E-state index in [0.717, 1.165) is 0 Å². The lowest BCUT2D eigenvalue weighted by Gasteiger charge is -2.49. The van der Waals surface area contributed by atoms with Gasteiger partial charge in [-0.3, -0.25) is 0 Å². The maximum atomic E-state index is 11.2. The van der Waals surface area contributed by atoms with E-state index in [1.165, 1.54) is 0 Å². The highest BCUT2D eigenvalue weighted by atomic mass is 16.8. The molecule has 0 aliphatic carbocycles. The second-order valence-electron chi connectivity index (χ2n) is 15.7. The van der Waals surface area contributed by atoms with Gasteiger partial charge in [-0.25, -0.2) is 0 Å². The van der Waals surface area contributed by atoms with Crippen molar-refractivity contribution in [3.05, 3.63) is 23.0 Å². The van der Waals surface area contributed by atoms with E-state index in [1.54, 1.807) is 0 Å². The molecule has 4 fully saturated rings. The highest BCUT2D eigenvalue weighted by Crippen LogP contribution is 2.36. The summed E-state index contributed by atoms with van der Waals surface area (Å²) in [5, 5.41) is 214. The average Bonchev–Trinajstić information content (AvgIpc) is 3.30. The first kappa shape index (κ1) is 54.6. The van der Waals surface area contributed by atoms with Gasteiger partial charge in [-0.15, -0.1) is 0 Å². The Morgan fingerprint density at radius 2 is 0.545 bits per heavy atom. The lowest BCUT2D eigenvalue weighted by atomic mass is 9.95. The van der Waals surface area contributed by atoms with Crippen molar-refractivity contribution < 1.29 is 149 Å². The summed E-state index contributed by atoms with van der Waals surface area (Å²) in [6.45, 7) is -5.92. The van der Waals surface area contributed by atoms with E-state index in [9.17, 15) is 102 Å². The molecule has 30 nitrogen and oxygen atoms in total. The van der Waals surface area contributed by atoms with E-state index < -0.39 is 223 Å². The summed E-state index contributed by atoms with van der Waals surface area (Å²) in [4.78, 5) is 0. The largest absolute Gasteiger partial charge is 0.506 e. The molecule has 10 aliphatic rings. The van der Waals surface area contributed by atoms with E-state index in [-0.39, 0.29) is 0 Å². The average molecular weight is 973 g/mol. The minimum absolute atomic E-state index is 0.660. The minimum Gasteiger partial charge on any atom is -0.506 e. The quantitative estimate of drug-likeness (QED) is 0.107. The number of fused-ring (bicyclic) bond motifs is 2. The van der Waals surface area contributed by atoms with Crippen LogP contribution in [0.4, 0.5) is 0 Å². The summed E-state index contributed by atoms with van der Waals surface area (Å²) in [7, 11) is 0. The van der Waals surface area contributed by atoms with Gasteiger partial charge in [0.15, 0.2) is 48.2 Å². The molecule has 0 amide bonds. The molecule has 0 aromatic carbocycles. The Bertz CT molecular complexity index is 1570. The maximum Gasteiger partial charge on any atom is 0.218 e. The molecule has 10 heterocycles. The van der Waals surface area contributed by atoms with Crippen LogP contribution < -0.4 is 0 Å². The molecule has 10 rings (SSSR count). The van der Waals surface area contributed by atoms with E-state index in [0.29, 0.717) is 0 Å². The molecule has 0 aromatic rings. The number of aliphatic hydroxyl groups is 20. The van der Waals surface area contributed by atoms with Crippen LogP contribution in [0.15, 0.2) is 23.0 Å². The van der Waals surface area contributed by atoms with Gasteiger partial charge in [-0.2, -0.15) is 0 Å². The van der Waals surface area contributed by atoms with Gasteiger partial charge in [0.2, 0.25) is 12.6 Å². The van der Waals surface area contributed by atoms with E-state index in [1.807, 2.05) is 0 Å². The van der Waals surface area contributed by atoms with Crippen LogP contribution in [0.5, 0.6) is 0 Å². The smallest absolute Gasteiger partial charge is 0.218 e. The predicted molar refractivity (Wildman–Crippen MR) is 200 cm³/mol. The fourth-order valence-electron chi connectivity index (χ4n) is 7.75. The molecule has 24 atom stereocenters. The number of hydrogen-bond donors (Lipinski definition) is 20. The second kappa shape index (κ2) is 24.0. The molecule has 0 spiro atoms. The molecule has 24 unspecified atom stereocenters. The van der Waals surface area contributed by atoms with Crippen molar-refractivity contribution in [2.24, 2.45) is 0 Å². The van der Waals surface area contributed by atoms with Crippen LogP contribution in [0.1, 0.15) is 12.8 Å². The summed E-state index contributed by atoms with van der Waals surface area (Å²) in [5.74, 6) is -5.80. The molecule has 66 heavy (non-hydrogen) atoms. The van der Waals surface area contributed by atoms with Gasteiger partial charge < -0.3 is 149 Å². The maximum absolute atomic E-state index is 11.2. The third-order valence-electron chi connectivity index (χ3n) is 11.4. The van der Waals surface area contributed by atoms with Gasteiger partial charge >= 0.3 is 0 Å². The summed E-state index contributed by atoms with van der Waals surface area (Å²) in [5.41, 5.74) is 0. The highest BCUT2D eigenvalue weighted by molar-refractivity contribution is 5.11. The highest BCUT2D eigenvalue weighted by Gasteiger charge is 2.56. The fourth-order valence-corrected chi connectivity index (χ4v) is 7.75. The molecule has 0 radical (unpaired) electrons. The number of hydrogen-bond acceptors (Lipinski definition) is 30. The summed E-state index contributed by atoms with van der Waals surface area (Å²) in [6.07, 6.45) is -51.0. The molecule has 10 aliphatic heterocycles. The Morgan fingerprint density at radius 3 is 0.833 bits per heavy atom. The van der Waals surface area contributed by atoms with Crippen LogP contribution in [0.3, 0.4) is 0 Å². The topological polar surface area (TPSA) is 497 Å². The first-order valence-electron chi connectivity index (χ1n) is 20.5. The van der Waals surface area contributed by atoms with E-state index >= 15 is 0 Å². The Kier molecular flexibility index (Phi) is 19.8. The monoisotopic (exact) mass is 972 g/mol. The van der Waals surface area contributed by atoms with Crippen molar-refractivity contribution >= 4 is 0 Å². The SMILES string of the molecule is OCCC1OC(O)/C(O)=C(/O)C(CCO)OC2OC(CO)C(OC3OC(CO)C(OC4OC(CO)C(OC5OC(CO)C(OC(O)/C(O)=C\1O)C(O)C5O)C(O)C4O)C(O)C3O)C(O)C2O. The van der Waals surface area contributed by atoms with Gasteiger partial charge in [0.25, 0.3) is 0 Å². The first-order chi connectivity index (χ1) is 31.3. The van der Waals surface area contributed by atoms with Gasteiger partial charge in [0, 0.05) is 26.1 Å². The predicted octanol–water partition coefficient (Wildman–Crippen LogP) is -9.88. The molecular formula is C36H60O30. The number of aliphatic hydroxyl groups excluding tert-OH is 20. The van der Waals surface area contributed by atoms with Crippen LogP contribution >= 0.6 is 0 Å². The van der Waals surface area contributed by atoms with Gasteiger partial charge in [-0.05, 0) is 0 Å². The first-order valence-corrected chi connectivity index (χ1v) is 20.5. The third-order valence-corrected chi connectivity index (χ3v) is 11.4. The van der Waals surface area contributed by atoms with Gasteiger partial charge in [-0.1, -0.05) is 0 Å². The lowest BCUT2D eigenvalue weighted by Crippen LogP contribution is -2.67. The molecule has 30 heteroatoms. The molecule has 8 bridgehead atoms. The van der Waals surface area contributed by atoms with Crippen LogP contribution in [-0.2, 0) is 47.4 Å². The van der Waals surface area contributed by atoms with Crippen LogP contribution in [-0.4, -0.2) is 289 Å². The molecule has 0 saturated carbocycles. The standard InChI is InChI=1S/C36H60O30/c37-3-1-9-15(43)22(50)32(56)63-27-11(5-39)60-34(24(52)17(27)45)65-29-13(7-41)62-36(26(54)19(29)47)66-30-14(8-42)61-35(25(53)20(30)48)64-28-12(6-40)59-33(23(51)18(28)46)58-10(2-4-38)16(44)21(49)31(55)57-9/h9-14,17-20,23-56H,1-8H2/b21-16-,22-15-. The molecular weight excluding hydrogens is 912 g/mol. The second-order valence-corrected chi connectivity index (χ2v) is 15.7. The summed E-state index contributed by atoms with van der Waals surface area (Å²) >= 11 is 0. The number of ether oxygens (including phenoxy) is 10. The van der Waals surface area contributed by atoms with Crippen molar-refractivity contribution in [3.63, 3.8) is 0 Å². The Hall–Kier alpha value is -2.36. The van der Waals surface area contributed by atoms with Crippen molar-refractivity contribution in [2.75, 3.05) is 39.6 Å². The van der Waals surface area contributed by atoms with E-state index in [2.05, 4.69) is 0 Å². The van der Waals surface area contributed by atoms with Crippen molar-refractivity contribution in [1.82, 2.24) is 0 Å². The van der Waals surface area contributed by atoms with Crippen molar-refractivity contribution in [2.45, 2.75) is 160 Å². The van der Waals surface area contributed by atoms with Crippen LogP contribution in [0.2, 0.25) is 0 Å². The van der Waals surface area contributed by atoms with Crippen LogP contribution in [0.25, 0.3) is 0 Å². The lowest BCUT2D eigenvalue weighted by molar-refractivity contribution is -0.390. The number of rotatable bonds is 8. The Morgan fingerprint density at radius 1 is 0.288 bits per heavy atom. The van der Waals surface area contributed by atoms with Gasteiger partial charge in [0.05, 0.1) is 26.4 Å². The van der Waals surface area contributed by atoms with Crippen molar-refractivity contribution in [1.29, 1.82) is 0 Å². The Labute approximate surface area is 372 Å². The van der Waals surface area contributed by atoms with Gasteiger partial charge in [0.1, 0.15) is 110 Å². The van der Waals surface area contributed by atoms with Crippen LogP contribution in [0, 0.1) is 0 Å². The molecule has 4 saturated heterocycles.